The van der Waals surface area contributed by atoms with E-state index in [2.05, 4.69) is 20.6 Å². The van der Waals surface area contributed by atoms with Gasteiger partial charge in [0.25, 0.3) is 5.91 Å². The van der Waals surface area contributed by atoms with Gasteiger partial charge in [0.1, 0.15) is 6.04 Å². The third-order valence-corrected chi connectivity index (χ3v) is 7.46. The van der Waals surface area contributed by atoms with Crippen LogP contribution in [0.15, 0.2) is 54.9 Å². The molecule has 1 saturated heterocycles. The number of ether oxygens (including phenoxy) is 2. The number of hydrogen-bond acceptors (Lipinski definition) is 6. The second-order valence-electron chi connectivity index (χ2n) is 9.60. The van der Waals surface area contributed by atoms with Gasteiger partial charge in [0.05, 0.1) is 17.6 Å². The van der Waals surface area contributed by atoms with Crippen molar-refractivity contribution >= 4 is 11.8 Å². The largest absolute Gasteiger partial charge is 0.454 e. The minimum Gasteiger partial charge on any atom is -0.454 e. The molecule has 36 heavy (non-hydrogen) atoms. The number of rotatable bonds is 5. The molecule has 3 aliphatic rings. The van der Waals surface area contributed by atoms with Gasteiger partial charge in [-0.1, -0.05) is 30.3 Å². The van der Waals surface area contributed by atoms with Crippen molar-refractivity contribution in [3.05, 3.63) is 77.4 Å². The summed E-state index contributed by atoms with van der Waals surface area (Å²) in [6.45, 7) is 2.23. The van der Waals surface area contributed by atoms with Gasteiger partial charge < -0.3 is 30.0 Å². The zero-order valence-corrected chi connectivity index (χ0v) is 20.0. The minimum atomic E-state index is -0.681. The molecule has 3 aromatic rings. The zero-order chi connectivity index (χ0) is 24.5. The van der Waals surface area contributed by atoms with Crippen LogP contribution in [0.25, 0.3) is 0 Å². The molecule has 186 valence electrons. The first-order valence-electron chi connectivity index (χ1n) is 12.4. The van der Waals surface area contributed by atoms with Crippen molar-refractivity contribution < 1.29 is 19.1 Å². The standard InChI is InChI=1S/C27H29N5O4/c33-25(19-6-7-22-23(15-19)36-17-35-22)31-21(14-18-4-2-1-3-5-18)26(34)32-12-9-27(10-13-32)24-20(8-11-30-27)28-16-29-24/h1-7,15-16,21,30H,8-14,17H2,(H,28,29)(H,31,33)/t21-/m0/s1. The number of carbonyl (C=O) groups excluding carboxylic acids is 2. The molecule has 0 aliphatic carbocycles. The molecule has 0 unspecified atom stereocenters. The van der Waals surface area contributed by atoms with Crippen molar-refractivity contribution in [3.8, 4) is 11.5 Å². The molecule has 2 aromatic carbocycles. The van der Waals surface area contributed by atoms with E-state index in [4.69, 9.17) is 9.47 Å². The summed E-state index contributed by atoms with van der Waals surface area (Å²) in [5.74, 6) is 0.766. The Morgan fingerprint density at radius 1 is 1.08 bits per heavy atom. The Morgan fingerprint density at radius 3 is 2.72 bits per heavy atom. The Labute approximate surface area is 209 Å². The summed E-state index contributed by atoms with van der Waals surface area (Å²) < 4.78 is 10.8. The highest BCUT2D eigenvalue weighted by atomic mass is 16.7. The average Bonchev–Trinajstić information content (AvgIpc) is 3.59. The van der Waals surface area contributed by atoms with E-state index in [1.54, 1.807) is 24.5 Å². The maximum Gasteiger partial charge on any atom is 0.252 e. The summed E-state index contributed by atoms with van der Waals surface area (Å²) in [7, 11) is 0. The van der Waals surface area contributed by atoms with E-state index in [9.17, 15) is 9.59 Å². The summed E-state index contributed by atoms with van der Waals surface area (Å²) in [5, 5.41) is 6.66. The third-order valence-electron chi connectivity index (χ3n) is 7.46. The summed E-state index contributed by atoms with van der Waals surface area (Å²) in [4.78, 5) is 36.7. The summed E-state index contributed by atoms with van der Waals surface area (Å²) >= 11 is 0. The van der Waals surface area contributed by atoms with Gasteiger partial charge in [0, 0.05) is 43.7 Å². The fourth-order valence-corrected chi connectivity index (χ4v) is 5.51. The number of carbonyl (C=O) groups is 2. The van der Waals surface area contributed by atoms with Crippen LogP contribution in [0, 0.1) is 0 Å². The van der Waals surface area contributed by atoms with Crippen LogP contribution < -0.4 is 20.1 Å². The molecule has 1 aromatic heterocycles. The van der Waals surface area contributed by atoms with Gasteiger partial charge in [-0.2, -0.15) is 0 Å². The van der Waals surface area contributed by atoms with Crippen LogP contribution in [-0.4, -0.2) is 59.2 Å². The molecular formula is C27H29N5O4. The molecule has 9 heteroatoms. The number of fused-ring (bicyclic) bond motifs is 3. The van der Waals surface area contributed by atoms with Crippen molar-refractivity contribution in [2.75, 3.05) is 26.4 Å². The van der Waals surface area contributed by atoms with Gasteiger partial charge in [-0.25, -0.2) is 4.98 Å². The fraction of sp³-hybridized carbons (Fsp3) is 0.370. The monoisotopic (exact) mass is 487 g/mol. The molecule has 0 saturated carbocycles. The number of likely N-dealkylation sites (tertiary alicyclic amines) is 1. The Balaban J connectivity index is 1.19. The lowest BCUT2D eigenvalue weighted by atomic mass is 9.80. The molecule has 1 spiro atoms. The highest BCUT2D eigenvalue weighted by Crippen LogP contribution is 2.36. The quantitative estimate of drug-likeness (QED) is 0.509. The Kier molecular flexibility index (Phi) is 5.85. The number of hydrogen-bond donors (Lipinski definition) is 3. The summed E-state index contributed by atoms with van der Waals surface area (Å²) in [5.41, 5.74) is 3.49. The maximum absolute atomic E-state index is 13.7. The smallest absolute Gasteiger partial charge is 0.252 e. The van der Waals surface area contributed by atoms with Crippen LogP contribution >= 0.6 is 0 Å². The molecule has 4 heterocycles. The predicted molar refractivity (Wildman–Crippen MR) is 132 cm³/mol. The number of amides is 2. The van der Waals surface area contributed by atoms with E-state index < -0.39 is 6.04 Å². The second-order valence-corrected chi connectivity index (χ2v) is 9.60. The van der Waals surface area contributed by atoms with Gasteiger partial charge in [0.15, 0.2) is 11.5 Å². The minimum absolute atomic E-state index is 0.0687. The predicted octanol–water partition coefficient (Wildman–Crippen LogP) is 2.14. The maximum atomic E-state index is 13.7. The second kappa shape index (κ2) is 9.31. The number of piperidine rings is 1. The normalized spacial score (nSPS) is 18.5. The summed E-state index contributed by atoms with van der Waals surface area (Å²) in [6.07, 6.45) is 4.68. The lowest BCUT2D eigenvalue weighted by molar-refractivity contribution is -0.135. The molecule has 2 amide bonds. The van der Waals surface area contributed by atoms with E-state index in [-0.39, 0.29) is 24.1 Å². The molecule has 6 rings (SSSR count). The molecule has 3 N–H and O–H groups in total. The number of nitrogens with one attached hydrogen (secondary N) is 3. The first-order valence-corrected chi connectivity index (χ1v) is 12.4. The topological polar surface area (TPSA) is 109 Å². The van der Waals surface area contributed by atoms with Gasteiger partial charge in [-0.3, -0.25) is 9.59 Å². The number of imidazole rings is 1. The van der Waals surface area contributed by atoms with Gasteiger partial charge in [-0.15, -0.1) is 0 Å². The van der Waals surface area contributed by atoms with Crippen molar-refractivity contribution in [2.45, 2.75) is 37.3 Å². The highest BCUT2D eigenvalue weighted by molar-refractivity contribution is 5.98. The third kappa shape index (κ3) is 4.19. The molecule has 1 atom stereocenters. The molecule has 1 fully saturated rings. The number of nitrogens with zero attached hydrogens (tertiary/aromatic N) is 2. The number of aromatic amines is 1. The van der Waals surface area contributed by atoms with E-state index >= 15 is 0 Å². The van der Waals surface area contributed by atoms with Crippen LogP contribution in [-0.2, 0) is 23.2 Å². The molecular weight excluding hydrogens is 458 g/mol. The Morgan fingerprint density at radius 2 is 1.89 bits per heavy atom. The van der Waals surface area contributed by atoms with Gasteiger partial charge in [-0.05, 0) is 36.6 Å². The van der Waals surface area contributed by atoms with Crippen molar-refractivity contribution in [2.24, 2.45) is 0 Å². The lowest BCUT2D eigenvalue weighted by Gasteiger charge is -2.44. The van der Waals surface area contributed by atoms with Gasteiger partial charge >= 0.3 is 0 Å². The molecule has 9 nitrogen and oxygen atoms in total. The first kappa shape index (κ1) is 22.6. The fourth-order valence-electron chi connectivity index (χ4n) is 5.51. The van der Waals surface area contributed by atoms with Crippen LogP contribution in [0.2, 0.25) is 0 Å². The molecule has 0 radical (unpaired) electrons. The highest BCUT2D eigenvalue weighted by Gasteiger charge is 2.43. The number of H-pyrrole nitrogens is 1. The first-order chi connectivity index (χ1) is 17.6. The van der Waals surface area contributed by atoms with Crippen LogP contribution in [0.4, 0.5) is 0 Å². The van der Waals surface area contributed by atoms with Crippen molar-refractivity contribution in [1.82, 2.24) is 25.5 Å². The number of benzene rings is 2. The molecule has 0 bridgehead atoms. The van der Waals surface area contributed by atoms with Gasteiger partial charge in [0.2, 0.25) is 12.7 Å². The van der Waals surface area contributed by atoms with Crippen LogP contribution in [0.3, 0.4) is 0 Å². The number of aromatic nitrogens is 2. The van der Waals surface area contributed by atoms with Crippen LogP contribution in [0.5, 0.6) is 11.5 Å². The Hall–Kier alpha value is -3.85. The average molecular weight is 488 g/mol. The lowest BCUT2D eigenvalue weighted by Crippen LogP contribution is -2.58. The zero-order valence-electron chi connectivity index (χ0n) is 20.0. The van der Waals surface area contributed by atoms with E-state index in [1.807, 2.05) is 35.2 Å². The van der Waals surface area contributed by atoms with E-state index in [1.165, 1.54) is 5.69 Å². The van der Waals surface area contributed by atoms with Crippen molar-refractivity contribution in [1.29, 1.82) is 0 Å². The SMILES string of the molecule is O=C(N[C@@H](Cc1ccccc1)C(=O)N1CCC2(CC1)NCCc1[nH]cnc12)c1ccc2c(c1)OCO2. The van der Waals surface area contributed by atoms with Crippen molar-refractivity contribution in [3.63, 3.8) is 0 Å². The van der Waals surface area contributed by atoms with E-state index in [0.29, 0.717) is 36.6 Å². The Bertz CT molecular complexity index is 1270. The summed E-state index contributed by atoms with van der Waals surface area (Å²) in [6, 6.07) is 14.2. The molecule has 3 aliphatic heterocycles. The van der Waals surface area contributed by atoms with E-state index in [0.717, 1.165) is 37.1 Å². The van der Waals surface area contributed by atoms with Crippen LogP contribution in [0.1, 0.15) is 40.2 Å².